The van der Waals surface area contributed by atoms with Crippen LogP contribution in [0.4, 0.5) is 23.3 Å². The van der Waals surface area contributed by atoms with E-state index in [-0.39, 0.29) is 6.04 Å². The Hall–Kier alpha value is -3.38. The van der Waals surface area contributed by atoms with Crippen molar-refractivity contribution in [1.29, 1.82) is 5.26 Å². The average Bonchev–Trinajstić information content (AvgIpc) is 3.59. The topological polar surface area (TPSA) is 109 Å². The summed E-state index contributed by atoms with van der Waals surface area (Å²) in [7, 11) is 0. The van der Waals surface area contributed by atoms with E-state index in [1.807, 2.05) is 13.0 Å². The highest BCUT2D eigenvalue weighted by Crippen LogP contribution is 2.32. The maximum absolute atomic E-state index is 9.15. The molecular weight excluding hydrogens is 462 g/mol. The first-order valence-corrected chi connectivity index (χ1v) is 13.8. The molecule has 0 spiro atoms. The van der Waals surface area contributed by atoms with Crippen molar-refractivity contribution in [3.8, 4) is 6.07 Å². The number of hydrogen-bond acceptors (Lipinski definition) is 8. The van der Waals surface area contributed by atoms with Crippen LogP contribution in [0.2, 0.25) is 0 Å². The average molecular weight is 502 g/mol. The summed E-state index contributed by atoms with van der Waals surface area (Å²) in [6, 6.07) is 12.0. The first kappa shape index (κ1) is 25.3. The second kappa shape index (κ2) is 11.3. The minimum absolute atomic E-state index is 0.285. The number of rotatable bonds is 9. The molecule has 3 N–H and O–H groups in total. The maximum atomic E-state index is 9.15. The number of hydrogen-bond donors (Lipinski definition) is 3. The number of likely N-dealkylation sites (tertiary alicyclic amines) is 1. The van der Waals surface area contributed by atoms with Gasteiger partial charge >= 0.3 is 0 Å². The van der Waals surface area contributed by atoms with Crippen molar-refractivity contribution in [2.45, 2.75) is 83.8 Å². The number of nitrogens with one attached hydrogen (secondary N) is 3. The molecule has 4 heterocycles. The van der Waals surface area contributed by atoms with Crippen LogP contribution in [0.25, 0.3) is 10.9 Å². The number of benzene rings is 1. The zero-order valence-electron chi connectivity index (χ0n) is 22.3. The molecular formula is C28H39N9. The van der Waals surface area contributed by atoms with Gasteiger partial charge in [-0.3, -0.25) is 10.00 Å². The zero-order valence-corrected chi connectivity index (χ0v) is 22.3. The molecule has 9 nitrogen and oxygen atoms in total. The normalized spacial score (nSPS) is 22.3. The van der Waals surface area contributed by atoms with E-state index in [1.165, 1.54) is 18.5 Å². The Morgan fingerprint density at radius 2 is 1.84 bits per heavy atom. The lowest BCUT2D eigenvalue weighted by Crippen LogP contribution is -2.52. The molecule has 2 saturated heterocycles. The monoisotopic (exact) mass is 501 g/mol. The van der Waals surface area contributed by atoms with Crippen molar-refractivity contribution in [2.75, 3.05) is 35.2 Å². The summed E-state index contributed by atoms with van der Waals surface area (Å²) in [4.78, 5) is 14.9. The number of piperidine rings is 1. The van der Waals surface area contributed by atoms with Gasteiger partial charge in [0.1, 0.15) is 5.82 Å². The van der Waals surface area contributed by atoms with E-state index in [4.69, 9.17) is 15.2 Å². The second-order valence-electron chi connectivity index (χ2n) is 10.4. The Kier molecular flexibility index (Phi) is 7.75. The van der Waals surface area contributed by atoms with Crippen LogP contribution >= 0.6 is 0 Å². The molecule has 0 saturated carbocycles. The molecule has 37 heavy (non-hydrogen) atoms. The van der Waals surface area contributed by atoms with Gasteiger partial charge in [0.15, 0.2) is 5.82 Å². The molecule has 196 valence electrons. The van der Waals surface area contributed by atoms with E-state index in [0.29, 0.717) is 24.5 Å². The Balaban J connectivity index is 1.44. The van der Waals surface area contributed by atoms with Crippen LogP contribution in [0, 0.1) is 18.3 Å². The third kappa shape index (κ3) is 5.64. The number of aryl methyl sites for hydroxylation is 1. The lowest BCUT2D eigenvalue weighted by molar-refractivity contribution is 0.0734. The van der Waals surface area contributed by atoms with Crippen molar-refractivity contribution < 1.29 is 0 Å². The molecule has 2 unspecified atom stereocenters. The molecule has 0 aliphatic carbocycles. The highest BCUT2D eigenvalue weighted by Gasteiger charge is 2.34. The van der Waals surface area contributed by atoms with E-state index in [9.17, 15) is 0 Å². The Labute approximate surface area is 219 Å². The Morgan fingerprint density at radius 3 is 2.49 bits per heavy atom. The smallest absolute Gasteiger partial charge is 0.225 e. The van der Waals surface area contributed by atoms with Gasteiger partial charge in [-0.15, -0.1) is 0 Å². The van der Waals surface area contributed by atoms with Crippen LogP contribution in [0.5, 0.6) is 0 Å². The SMILES string of the molecule is CCC1CC(Nc2nc(Nc3cc(C)[nH]n3)c3ccc(N4CCCC4)cc3n2)CC(CC)N1CCC#N. The highest BCUT2D eigenvalue weighted by molar-refractivity contribution is 5.93. The summed E-state index contributed by atoms with van der Waals surface area (Å²) < 4.78 is 0. The quantitative estimate of drug-likeness (QED) is 0.360. The standard InChI is InChI=1S/C28H39N9/c1-4-21-16-20(17-22(5-2)37(21)14-8-11-29)30-28-31-25-18-23(36-12-6-7-13-36)9-10-24(25)27(33-28)32-26-15-19(3)34-35-26/h9-10,15,18,20-22H,4-8,12-14,16-17H2,1-3H3,(H3,30,31,32,33,34,35). The first-order chi connectivity index (χ1) is 18.1. The zero-order chi connectivity index (χ0) is 25.8. The predicted octanol–water partition coefficient (Wildman–Crippen LogP) is 5.35. The Morgan fingerprint density at radius 1 is 1.08 bits per heavy atom. The minimum atomic E-state index is 0.285. The molecule has 2 aliphatic rings. The Bertz CT molecular complexity index is 1230. The van der Waals surface area contributed by atoms with Crippen LogP contribution in [0.1, 0.15) is 64.5 Å². The molecule has 2 fully saturated rings. The van der Waals surface area contributed by atoms with Crippen LogP contribution in [-0.2, 0) is 0 Å². The first-order valence-electron chi connectivity index (χ1n) is 13.8. The molecule has 0 amide bonds. The number of nitriles is 1. The van der Waals surface area contributed by atoms with Crippen molar-refractivity contribution in [1.82, 2.24) is 25.1 Å². The minimum Gasteiger partial charge on any atom is -0.371 e. The third-order valence-electron chi connectivity index (χ3n) is 7.91. The third-order valence-corrected chi connectivity index (χ3v) is 7.91. The number of H-pyrrole nitrogens is 1. The summed E-state index contributed by atoms with van der Waals surface area (Å²) in [6.45, 7) is 9.53. The fourth-order valence-electron chi connectivity index (χ4n) is 6.02. The lowest BCUT2D eigenvalue weighted by Gasteiger charge is -2.45. The number of fused-ring (bicyclic) bond motifs is 1. The number of anilines is 4. The molecule has 2 atom stereocenters. The van der Waals surface area contributed by atoms with E-state index < -0.39 is 0 Å². The van der Waals surface area contributed by atoms with Gasteiger partial charge in [-0.1, -0.05) is 13.8 Å². The van der Waals surface area contributed by atoms with Gasteiger partial charge in [0, 0.05) is 67.0 Å². The summed E-state index contributed by atoms with van der Waals surface area (Å²) >= 11 is 0. The van der Waals surface area contributed by atoms with Crippen LogP contribution < -0.4 is 15.5 Å². The predicted molar refractivity (Wildman–Crippen MR) is 149 cm³/mol. The van der Waals surface area contributed by atoms with Crippen LogP contribution in [0.3, 0.4) is 0 Å². The van der Waals surface area contributed by atoms with E-state index in [1.54, 1.807) is 0 Å². The number of nitrogens with zero attached hydrogens (tertiary/aromatic N) is 6. The molecule has 1 aromatic carbocycles. The molecule has 3 aromatic rings. The van der Waals surface area contributed by atoms with Crippen molar-refractivity contribution in [3.63, 3.8) is 0 Å². The fourth-order valence-corrected chi connectivity index (χ4v) is 6.02. The highest BCUT2D eigenvalue weighted by atomic mass is 15.2. The number of aromatic amines is 1. The molecule has 5 rings (SSSR count). The van der Waals surface area contributed by atoms with Crippen LogP contribution in [-0.4, -0.2) is 62.8 Å². The molecule has 2 aliphatic heterocycles. The fraction of sp³-hybridized carbons (Fsp3) is 0.571. The van der Waals surface area contributed by atoms with Gasteiger partial charge in [0.05, 0.1) is 11.6 Å². The van der Waals surface area contributed by atoms with Gasteiger partial charge in [-0.05, 0) is 63.6 Å². The summed E-state index contributed by atoms with van der Waals surface area (Å²) in [6.07, 6.45) is 7.25. The molecule has 2 aromatic heterocycles. The van der Waals surface area contributed by atoms with E-state index in [2.05, 4.69) is 68.7 Å². The summed E-state index contributed by atoms with van der Waals surface area (Å²) in [5.41, 5.74) is 3.15. The summed E-state index contributed by atoms with van der Waals surface area (Å²) in [5.74, 6) is 2.16. The maximum Gasteiger partial charge on any atom is 0.225 e. The van der Waals surface area contributed by atoms with Gasteiger partial charge in [-0.2, -0.15) is 15.3 Å². The second-order valence-corrected chi connectivity index (χ2v) is 10.4. The largest absolute Gasteiger partial charge is 0.371 e. The van der Waals surface area contributed by atoms with E-state index in [0.717, 1.165) is 73.6 Å². The van der Waals surface area contributed by atoms with E-state index >= 15 is 0 Å². The molecule has 9 heteroatoms. The van der Waals surface area contributed by atoms with Gasteiger partial charge in [-0.25, -0.2) is 4.98 Å². The van der Waals surface area contributed by atoms with Gasteiger partial charge in [0.2, 0.25) is 5.95 Å². The van der Waals surface area contributed by atoms with Crippen LogP contribution in [0.15, 0.2) is 24.3 Å². The van der Waals surface area contributed by atoms with Crippen molar-refractivity contribution in [3.05, 3.63) is 30.0 Å². The molecule has 0 radical (unpaired) electrons. The van der Waals surface area contributed by atoms with Crippen molar-refractivity contribution in [2.24, 2.45) is 0 Å². The summed E-state index contributed by atoms with van der Waals surface area (Å²) in [5, 5.41) is 24.6. The van der Waals surface area contributed by atoms with Crippen molar-refractivity contribution >= 4 is 34.2 Å². The lowest BCUT2D eigenvalue weighted by atomic mass is 9.88. The molecule has 0 bridgehead atoms. The number of aromatic nitrogens is 4. The van der Waals surface area contributed by atoms with Gasteiger partial charge < -0.3 is 15.5 Å². The van der Waals surface area contributed by atoms with Gasteiger partial charge in [0.25, 0.3) is 0 Å².